The predicted molar refractivity (Wildman–Crippen MR) is 88.8 cm³/mol. The number of carbonyl (C=O) groups is 3. The van der Waals surface area contributed by atoms with E-state index in [2.05, 4.69) is 0 Å². The number of anilines is 1. The number of hydrogen-bond acceptors (Lipinski definition) is 6. The molecule has 7 heteroatoms. The Hall–Kier alpha value is -1.34. The van der Waals surface area contributed by atoms with Crippen molar-refractivity contribution in [3.63, 3.8) is 0 Å². The van der Waals surface area contributed by atoms with E-state index >= 15 is 0 Å². The van der Waals surface area contributed by atoms with E-state index in [-0.39, 0.29) is 16.3 Å². The summed E-state index contributed by atoms with van der Waals surface area (Å²) in [5.41, 5.74) is 1.33. The number of aryl methyl sites for hydroxylation is 1. The van der Waals surface area contributed by atoms with Gasteiger partial charge in [0.2, 0.25) is 5.91 Å². The maximum absolute atomic E-state index is 12.3. The van der Waals surface area contributed by atoms with Crippen LogP contribution in [0.4, 0.5) is 5.00 Å². The van der Waals surface area contributed by atoms with E-state index in [1.54, 1.807) is 11.8 Å². The average Bonchev–Trinajstić information content (AvgIpc) is 2.90. The molecule has 1 aliphatic heterocycles. The molecule has 2 heterocycles. The Morgan fingerprint density at radius 1 is 1.41 bits per heavy atom. The van der Waals surface area contributed by atoms with Gasteiger partial charge in [-0.05, 0) is 26.3 Å². The molecule has 120 valence electrons. The minimum absolute atomic E-state index is 0.00352. The van der Waals surface area contributed by atoms with Crippen LogP contribution in [0.5, 0.6) is 0 Å². The molecule has 0 spiro atoms. The minimum atomic E-state index is -0.394. The molecule has 1 fully saturated rings. The molecule has 5 nitrogen and oxygen atoms in total. The lowest BCUT2D eigenvalue weighted by molar-refractivity contribution is -0.117. The number of nitrogens with zero attached hydrogens (tertiary/aromatic N) is 1. The largest absolute Gasteiger partial charge is 0.462 e. The van der Waals surface area contributed by atoms with Crippen LogP contribution in [0.1, 0.15) is 41.1 Å². The quantitative estimate of drug-likeness (QED) is 0.788. The summed E-state index contributed by atoms with van der Waals surface area (Å²) in [5.74, 6) is -0.444. The van der Waals surface area contributed by atoms with Gasteiger partial charge >= 0.3 is 5.97 Å². The Bertz CT molecular complexity index is 623. The molecule has 1 atom stereocenters. The zero-order chi connectivity index (χ0) is 16.4. The lowest BCUT2D eigenvalue weighted by atomic mass is 10.1. The topological polar surface area (TPSA) is 63.7 Å². The van der Waals surface area contributed by atoms with E-state index in [4.69, 9.17) is 4.74 Å². The molecule has 0 aromatic carbocycles. The first-order valence-corrected chi connectivity index (χ1v) is 8.79. The molecule has 1 unspecified atom stereocenters. The van der Waals surface area contributed by atoms with Gasteiger partial charge in [-0.3, -0.25) is 9.59 Å². The van der Waals surface area contributed by atoms with Crippen molar-refractivity contribution in [1.29, 1.82) is 0 Å². The Morgan fingerprint density at radius 3 is 2.68 bits per heavy atom. The molecule has 2 rings (SSSR count). The van der Waals surface area contributed by atoms with Gasteiger partial charge in [-0.25, -0.2) is 4.79 Å². The van der Waals surface area contributed by atoms with Gasteiger partial charge in [0.05, 0.1) is 12.2 Å². The first-order chi connectivity index (χ1) is 10.3. The summed E-state index contributed by atoms with van der Waals surface area (Å²) in [4.78, 5) is 38.3. The molecular formula is C15H19NO4S2. The summed E-state index contributed by atoms with van der Waals surface area (Å²) < 4.78 is 5.12. The second kappa shape index (κ2) is 6.83. The molecule has 0 aliphatic carbocycles. The second-order valence-corrected chi connectivity index (χ2v) is 7.80. The molecule has 0 bridgehead atoms. The van der Waals surface area contributed by atoms with Crippen molar-refractivity contribution in [2.75, 3.05) is 18.1 Å². The van der Waals surface area contributed by atoms with Gasteiger partial charge in [0.15, 0.2) is 5.12 Å². The van der Waals surface area contributed by atoms with Crippen LogP contribution < -0.4 is 4.90 Å². The number of thiophene rings is 1. The van der Waals surface area contributed by atoms with Crippen molar-refractivity contribution < 1.29 is 19.1 Å². The van der Waals surface area contributed by atoms with Crippen molar-refractivity contribution in [2.45, 2.75) is 39.4 Å². The van der Waals surface area contributed by atoms with Crippen molar-refractivity contribution in [2.24, 2.45) is 0 Å². The fraction of sp³-hybridized carbons (Fsp3) is 0.533. The van der Waals surface area contributed by atoms with Gasteiger partial charge < -0.3 is 9.64 Å². The number of hydrogen-bond donors (Lipinski definition) is 0. The maximum Gasteiger partial charge on any atom is 0.341 e. The van der Waals surface area contributed by atoms with Crippen molar-refractivity contribution in [3.05, 3.63) is 16.0 Å². The summed E-state index contributed by atoms with van der Waals surface area (Å²) >= 11 is 2.61. The molecule has 1 aromatic heterocycles. The van der Waals surface area contributed by atoms with Crippen LogP contribution in [0.3, 0.4) is 0 Å². The van der Waals surface area contributed by atoms with Gasteiger partial charge in [0, 0.05) is 30.0 Å². The summed E-state index contributed by atoms with van der Waals surface area (Å²) in [6.45, 7) is 7.80. The predicted octanol–water partition coefficient (Wildman–Crippen LogP) is 2.93. The van der Waals surface area contributed by atoms with Crippen molar-refractivity contribution in [1.82, 2.24) is 0 Å². The van der Waals surface area contributed by atoms with Gasteiger partial charge in [0.25, 0.3) is 0 Å². The normalized spacial score (nSPS) is 17.9. The highest BCUT2D eigenvalue weighted by Crippen LogP contribution is 2.39. The average molecular weight is 341 g/mol. The first kappa shape index (κ1) is 17.0. The monoisotopic (exact) mass is 341 g/mol. The van der Waals surface area contributed by atoms with Crippen LogP contribution >= 0.6 is 23.1 Å². The van der Waals surface area contributed by atoms with Crippen LogP contribution in [-0.2, 0) is 14.3 Å². The van der Waals surface area contributed by atoms with Crippen molar-refractivity contribution in [3.8, 4) is 0 Å². The number of thioether (sulfide) groups is 1. The van der Waals surface area contributed by atoms with E-state index < -0.39 is 5.97 Å². The van der Waals surface area contributed by atoms with Gasteiger partial charge in [-0.15, -0.1) is 11.3 Å². The fourth-order valence-electron chi connectivity index (χ4n) is 2.43. The zero-order valence-corrected chi connectivity index (χ0v) is 14.7. The highest BCUT2D eigenvalue weighted by Gasteiger charge is 2.36. The van der Waals surface area contributed by atoms with Crippen LogP contribution in [-0.4, -0.2) is 35.4 Å². The number of rotatable bonds is 4. The van der Waals surface area contributed by atoms with Gasteiger partial charge in [-0.1, -0.05) is 11.8 Å². The summed E-state index contributed by atoms with van der Waals surface area (Å²) in [6.07, 6.45) is 0.322. The molecular weight excluding hydrogens is 322 g/mol. The van der Waals surface area contributed by atoms with Gasteiger partial charge in [0.1, 0.15) is 5.00 Å². The van der Waals surface area contributed by atoms with Crippen molar-refractivity contribution >= 4 is 45.1 Å². The molecule has 1 amide bonds. The second-order valence-electron chi connectivity index (χ2n) is 5.12. The Kier molecular flexibility index (Phi) is 5.28. The SMILES string of the molecule is CCOC(=O)c1c(N2CC(SC(C)=O)CC2=O)sc(C)c1C. The summed E-state index contributed by atoms with van der Waals surface area (Å²) in [7, 11) is 0. The summed E-state index contributed by atoms with van der Waals surface area (Å²) in [6, 6.07) is 0. The summed E-state index contributed by atoms with van der Waals surface area (Å²) in [5, 5.41) is 0.594. The molecule has 0 saturated carbocycles. The van der Waals surface area contributed by atoms with E-state index in [0.717, 1.165) is 10.4 Å². The third-order valence-corrected chi connectivity index (χ3v) is 5.72. The van der Waals surface area contributed by atoms with Crippen LogP contribution in [0.15, 0.2) is 0 Å². The number of ether oxygens (including phenoxy) is 1. The minimum Gasteiger partial charge on any atom is -0.462 e. The molecule has 1 aromatic rings. The number of carbonyl (C=O) groups excluding carboxylic acids is 3. The number of esters is 1. The third kappa shape index (κ3) is 3.35. The Morgan fingerprint density at radius 2 is 2.09 bits per heavy atom. The number of amides is 1. The van der Waals surface area contributed by atoms with E-state index in [1.807, 2.05) is 13.8 Å². The molecule has 1 saturated heterocycles. The highest BCUT2D eigenvalue weighted by atomic mass is 32.2. The third-order valence-electron chi connectivity index (χ3n) is 3.51. The first-order valence-electron chi connectivity index (χ1n) is 7.09. The van der Waals surface area contributed by atoms with Gasteiger partial charge in [-0.2, -0.15) is 0 Å². The molecule has 0 radical (unpaired) electrons. The van der Waals surface area contributed by atoms with E-state index in [1.165, 1.54) is 30.0 Å². The maximum atomic E-state index is 12.3. The zero-order valence-electron chi connectivity index (χ0n) is 13.1. The lowest BCUT2D eigenvalue weighted by Gasteiger charge is -2.16. The van der Waals surface area contributed by atoms with Crippen LogP contribution in [0.2, 0.25) is 0 Å². The standard InChI is InChI=1S/C15H19NO4S2/c1-5-20-15(19)13-8(2)9(3)21-14(13)16-7-11(6-12(16)18)22-10(4)17/h11H,5-7H2,1-4H3. The van der Waals surface area contributed by atoms with Crippen LogP contribution in [0.25, 0.3) is 0 Å². The molecule has 22 heavy (non-hydrogen) atoms. The Balaban J connectivity index is 2.32. The lowest BCUT2D eigenvalue weighted by Crippen LogP contribution is -2.26. The van der Waals surface area contributed by atoms with E-state index in [0.29, 0.717) is 30.1 Å². The molecule has 0 N–H and O–H groups in total. The molecule has 1 aliphatic rings. The highest BCUT2D eigenvalue weighted by molar-refractivity contribution is 8.14. The smallest absolute Gasteiger partial charge is 0.341 e. The fourth-order valence-corrected chi connectivity index (χ4v) is 4.52. The van der Waals surface area contributed by atoms with E-state index in [9.17, 15) is 14.4 Å². The Labute approximate surface area is 138 Å². The van der Waals surface area contributed by atoms with Crippen LogP contribution in [0, 0.1) is 13.8 Å².